The van der Waals surface area contributed by atoms with E-state index in [1.165, 1.54) is 9.35 Å². The molecule has 0 atom stereocenters. The van der Waals surface area contributed by atoms with Crippen LogP contribution in [0.5, 0.6) is 0 Å². The number of hydrogen-bond donors (Lipinski definition) is 1. The van der Waals surface area contributed by atoms with Crippen LogP contribution in [0.3, 0.4) is 0 Å². The minimum atomic E-state index is -0.0420. The van der Waals surface area contributed by atoms with Gasteiger partial charge in [0.15, 0.2) is 0 Å². The molecule has 13 heavy (non-hydrogen) atoms. The second kappa shape index (κ2) is 4.11. The Morgan fingerprint density at radius 1 is 1.31 bits per heavy atom. The molecule has 0 saturated heterocycles. The van der Waals surface area contributed by atoms with Gasteiger partial charge < -0.3 is 5.11 Å². The average Bonchev–Trinajstić information content (AvgIpc) is 2.53. The molecule has 1 heterocycles. The van der Waals surface area contributed by atoms with Crippen LogP contribution in [0.1, 0.15) is 36.5 Å². The lowest BCUT2D eigenvalue weighted by Crippen LogP contribution is -2.16. The predicted molar refractivity (Wildman–Crippen MR) is 59.2 cm³/mol. The van der Waals surface area contributed by atoms with Crippen LogP contribution in [0.25, 0.3) is 0 Å². The van der Waals surface area contributed by atoms with Gasteiger partial charge in [-0.1, -0.05) is 0 Å². The second-order valence-electron chi connectivity index (χ2n) is 3.67. The highest BCUT2D eigenvalue weighted by molar-refractivity contribution is 9.10. The Labute approximate surface area is 90.9 Å². The van der Waals surface area contributed by atoms with Gasteiger partial charge in [0.05, 0.1) is 6.10 Å². The fourth-order valence-corrected chi connectivity index (χ4v) is 3.52. The van der Waals surface area contributed by atoms with Crippen LogP contribution in [0.2, 0.25) is 0 Å². The molecule has 72 valence electrons. The van der Waals surface area contributed by atoms with E-state index in [2.05, 4.69) is 27.4 Å². The van der Waals surface area contributed by atoms with Crippen molar-refractivity contribution in [2.75, 3.05) is 0 Å². The predicted octanol–water partition coefficient (Wildman–Crippen LogP) is 3.53. The molecule has 0 aliphatic heterocycles. The Kier molecular flexibility index (Phi) is 3.06. The summed E-state index contributed by atoms with van der Waals surface area (Å²) in [5, 5.41) is 11.5. The smallest absolute Gasteiger partial charge is 0.0540 e. The molecule has 1 aromatic heterocycles. The van der Waals surface area contributed by atoms with Crippen molar-refractivity contribution in [1.82, 2.24) is 0 Å². The van der Waals surface area contributed by atoms with Crippen LogP contribution in [0, 0.1) is 0 Å². The Morgan fingerprint density at radius 2 is 2.00 bits per heavy atom. The molecule has 0 unspecified atom stereocenters. The quantitative estimate of drug-likeness (QED) is 0.819. The number of aliphatic hydroxyl groups is 1. The highest BCUT2D eigenvalue weighted by Crippen LogP contribution is 2.36. The third kappa shape index (κ3) is 2.33. The summed E-state index contributed by atoms with van der Waals surface area (Å²) in [5.74, 6) is 0.694. The summed E-state index contributed by atoms with van der Waals surface area (Å²) >= 11 is 5.30. The third-order valence-electron chi connectivity index (χ3n) is 2.69. The molecule has 1 nitrogen and oxygen atoms in total. The van der Waals surface area contributed by atoms with Crippen molar-refractivity contribution in [2.24, 2.45) is 0 Å². The highest BCUT2D eigenvalue weighted by Gasteiger charge is 2.21. The van der Waals surface area contributed by atoms with E-state index in [4.69, 9.17) is 0 Å². The van der Waals surface area contributed by atoms with Gasteiger partial charge in [-0.25, -0.2) is 0 Å². The van der Waals surface area contributed by atoms with Gasteiger partial charge in [-0.05, 0) is 53.6 Å². The second-order valence-corrected chi connectivity index (χ2v) is 5.53. The first-order valence-electron chi connectivity index (χ1n) is 4.67. The van der Waals surface area contributed by atoms with Crippen LogP contribution in [0.4, 0.5) is 0 Å². The molecular formula is C10H13BrOS. The fourth-order valence-electron chi connectivity index (χ4n) is 1.90. The van der Waals surface area contributed by atoms with Gasteiger partial charge >= 0.3 is 0 Å². The molecule has 1 saturated carbocycles. The van der Waals surface area contributed by atoms with E-state index in [-0.39, 0.29) is 6.10 Å². The molecule has 1 aliphatic rings. The standard InChI is InChI=1S/C10H13BrOS/c11-8-5-10(13-6-8)7-1-3-9(12)4-2-7/h5-7,9,12H,1-4H2. The number of thiophene rings is 1. The first kappa shape index (κ1) is 9.69. The zero-order valence-corrected chi connectivity index (χ0v) is 9.77. The van der Waals surface area contributed by atoms with Crippen LogP contribution >= 0.6 is 27.3 Å². The lowest BCUT2D eigenvalue weighted by molar-refractivity contribution is 0.123. The Bertz CT molecular complexity index is 276. The Balaban J connectivity index is 2.02. The van der Waals surface area contributed by atoms with E-state index in [1.54, 1.807) is 0 Å². The molecule has 0 spiro atoms. The summed E-state index contributed by atoms with van der Waals surface area (Å²) in [7, 11) is 0. The van der Waals surface area contributed by atoms with Crippen molar-refractivity contribution >= 4 is 27.3 Å². The molecule has 1 aliphatic carbocycles. The topological polar surface area (TPSA) is 20.2 Å². The van der Waals surface area contributed by atoms with E-state index in [0.29, 0.717) is 5.92 Å². The summed E-state index contributed by atoms with van der Waals surface area (Å²) in [4.78, 5) is 1.47. The Hall–Kier alpha value is 0.140. The van der Waals surface area contributed by atoms with E-state index in [1.807, 2.05) is 11.3 Å². The number of aliphatic hydroxyl groups excluding tert-OH is 1. The van der Waals surface area contributed by atoms with E-state index < -0.39 is 0 Å². The van der Waals surface area contributed by atoms with E-state index in [0.717, 1.165) is 25.7 Å². The molecule has 0 aromatic carbocycles. The normalized spacial score (nSPS) is 29.1. The number of rotatable bonds is 1. The maximum atomic E-state index is 9.37. The molecule has 0 bridgehead atoms. The van der Waals surface area contributed by atoms with E-state index in [9.17, 15) is 5.11 Å². The number of hydrogen-bond acceptors (Lipinski definition) is 2. The molecule has 1 fully saturated rings. The molecule has 0 radical (unpaired) electrons. The summed E-state index contributed by atoms with van der Waals surface area (Å²) < 4.78 is 1.19. The minimum Gasteiger partial charge on any atom is -0.393 e. The highest BCUT2D eigenvalue weighted by atomic mass is 79.9. The molecule has 1 N–H and O–H groups in total. The molecule has 1 aromatic rings. The van der Waals surface area contributed by atoms with Crippen LogP contribution < -0.4 is 0 Å². The fraction of sp³-hybridized carbons (Fsp3) is 0.600. The zero-order chi connectivity index (χ0) is 9.26. The monoisotopic (exact) mass is 260 g/mol. The van der Waals surface area contributed by atoms with Crippen LogP contribution in [0.15, 0.2) is 15.9 Å². The van der Waals surface area contributed by atoms with Crippen molar-refractivity contribution in [3.05, 3.63) is 20.8 Å². The van der Waals surface area contributed by atoms with Gasteiger partial charge in [0.1, 0.15) is 0 Å². The first-order chi connectivity index (χ1) is 6.25. The maximum Gasteiger partial charge on any atom is 0.0540 e. The summed E-state index contributed by atoms with van der Waals surface area (Å²) in [5.41, 5.74) is 0. The lowest BCUT2D eigenvalue weighted by atomic mass is 9.86. The molecular weight excluding hydrogens is 248 g/mol. The molecule has 0 amide bonds. The van der Waals surface area contributed by atoms with Gasteiger partial charge in [0.25, 0.3) is 0 Å². The largest absolute Gasteiger partial charge is 0.393 e. The molecule has 2 rings (SSSR count). The van der Waals surface area contributed by atoms with Gasteiger partial charge in [-0.15, -0.1) is 11.3 Å². The van der Waals surface area contributed by atoms with Crippen molar-refractivity contribution in [1.29, 1.82) is 0 Å². The van der Waals surface area contributed by atoms with Crippen molar-refractivity contribution in [3.8, 4) is 0 Å². The average molecular weight is 261 g/mol. The molecule has 3 heteroatoms. The summed E-state index contributed by atoms with van der Waals surface area (Å²) in [6.45, 7) is 0. The minimum absolute atomic E-state index is 0.0420. The summed E-state index contributed by atoms with van der Waals surface area (Å²) in [6, 6.07) is 2.22. The first-order valence-corrected chi connectivity index (χ1v) is 6.35. The zero-order valence-electron chi connectivity index (χ0n) is 7.37. The van der Waals surface area contributed by atoms with Crippen molar-refractivity contribution in [2.45, 2.75) is 37.7 Å². The van der Waals surface area contributed by atoms with Gasteiger partial charge in [0.2, 0.25) is 0 Å². The number of halogens is 1. The van der Waals surface area contributed by atoms with Crippen molar-refractivity contribution < 1.29 is 5.11 Å². The van der Waals surface area contributed by atoms with Gasteiger partial charge in [-0.3, -0.25) is 0 Å². The SMILES string of the molecule is OC1CCC(c2cc(Br)cs2)CC1. The van der Waals surface area contributed by atoms with Crippen LogP contribution in [-0.2, 0) is 0 Å². The van der Waals surface area contributed by atoms with Gasteiger partial charge in [0, 0.05) is 14.7 Å². The van der Waals surface area contributed by atoms with Crippen molar-refractivity contribution in [3.63, 3.8) is 0 Å². The summed E-state index contributed by atoms with van der Waals surface area (Å²) in [6.07, 6.45) is 4.20. The maximum absolute atomic E-state index is 9.37. The van der Waals surface area contributed by atoms with Gasteiger partial charge in [-0.2, -0.15) is 0 Å². The van der Waals surface area contributed by atoms with Crippen LogP contribution in [-0.4, -0.2) is 11.2 Å². The van der Waals surface area contributed by atoms with E-state index >= 15 is 0 Å². The lowest BCUT2D eigenvalue weighted by Gasteiger charge is -2.24. The Morgan fingerprint density at radius 3 is 2.54 bits per heavy atom. The third-order valence-corrected chi connectivity index (χ3v) is 4.54.